The van der Waals surface area contributed by atoms with Crippen molar-refractivity contribution in [1.82, 2.24) is 19.4 Å². The molecule has 1 N–H and O–H groups in total. The van der Waals surface area contributed by atoms with Gasteiger partial charge in [-0.15, -0.1) is 0 Å². The normalized spacial score (nSPS) is 19.2. The van der Waals surface area contributed by atoms with Crippen molar-refractivity contribution in [3.05, 3.63) is 65.1 Å². The molecule has 0 unspecified atom stereocenters. The smallest absolute Gasteiger partial charge is 0.166 e. The highest BCUT2D eigenvalue weighted by Crippen LogP contribution is 2.42. The number of nitrogens with one attached hydrogen (secondary N) is 1. The summed E-state index contributed by atoms with van der Waals surface area (Å²) < 4.78 is 22.9. The molecule has 0 radical (unpaired) electrons. The van der Waals surface area contributed by atoms with Gasteiger partial charge in [0.2, 0.25) is 0 Å². The van der Waals surface area contributed by atoms with Gasteiger partial charge in [-0.05, 0) is 75.3 Å². The molecule has 5 rings (SSSR count). The van der Waals surface area contributed by atoms with E-state index in [1.807, 2.05) is 22.9 Å². The van der Waals surface area contributed by atoms with Crippen LogP contribution in [0.1, 0.15) is 55.5 Å². The van der Waals surface area contributed by atoms with Crippen molar-refractivity contribution in [1.29, 1.82) is 0 Å². The van der Waals surface area contributed by atoms with Crippen molar-refractivity contribution in [2.45, 2.75) is 51.7 Å². The second-order valence-electron chi connectivity index (χ2n) is 12.0. The number of fused-ring (bicyclic) bond motifs is 4. The van der Waals surface area contributed by atoms with E-state index in [4.69, 9.17) is 9.72 Å². The highest BCUT2D eigenvalue weighted by atomic mass is 32.3. The number of benzene rings is 1. The maximum Gasteiger partial charge on any atom is 0.166 e. The van der Waals surface area contributed by atoms with Crippen molar-refractivity contribution in [3.63, 3.8) is 0 Å². The first-order chi connectivity index (χ1) is 17.9. The van der Waals surface area contributed by atoms with Gasteiger partial charge in [-0.2, -0.15) is 0 Å². The van der Waals surface area contributed by atoms with E-state index in [0.717, 1.165) is 46.3 Å². The number of nitrogens with zero attached hydrogens (tertiary/aromatic N) is 3. The summed E-state index contributed by atoms with van der Waals surface area (Å²) in [5.41, 5.74) is 4.36. The number of aldehydes is 1. The topological polar surface area (TPSA) is 63.1 Å². The summed E-state index contributed by atoms with van der Waals surface area (Å²) in [7, 11) is -0.652. The molecule has 1 aromatic carbocycles. The summed E-state index contributed by atoms with van der Waals surface area (Å²) in [4.78, 5) is 22.7. The first-order valence-electron chi connectivity index (χ1n) is 13.2. The Morgan fingerprint density at radius 2 is 2.03 bits per heavy atom. The van der Waals surface area contributed by atoms with Crippen LogP contribution in [-0.2, 0) is 17.9 Å². The third-order valence-electron chi connectivity index (χ3n) is 7.36. The summed E-state index contributed by atoms with van der Waals surface area (Å²) in [6.07, 6.45) is 10.4. The van der Waals surface area contributed by atoms with Crippen LogP contribution in [0.2, 0.25) is 0 Å². The minimum atomic E-state index is -1.35. The predicted octanol–water partition coefficient (Wildman–Crippen LogP) is 6.33. The van der Waals surface area contributed by atoms with Gasteiger partial charge in [-0.25, -0.2) is 19.4 Å². The molecule has 6 nitrogen and oxygen atoms in total. The van der Waals surface area contributed by atoms with Crippen molar-refractivity contribution in [3.8, 4) is 0 Å². The number of aromatic nitrogens is 3. The molecule has 0 spiro atoms. The fraction of sp³-hybridized carbons (Fsp3) is 0.467. The Kier molecular flexibility index (Phi) is 7.18. The van der Waals surface area contributed by atoms with Gasteiger partial charge in [0, 0.05) is 47.9 Å². The van der Waals surface area contributed by atoms with Crippen molar-refractivity contribution >= 4 is 38.3 Å². The number of halogens is 1. The number of rotatable bonds is 9. The summed E-state index contributed by atoms with van der Waals surface area (Å²) in [5.74, 6) is 1.01. The number of alkyl halides is 1. The second kappa shape index (κ2) is 10.1. The van der Waals surface area contributed by atoms with Gasteiger partial charge in [-0.3, -0.25) is 14.3 Å². The zero-order chi connectivity index (χ0) is 27.2. The third kappa shape index (κ3) is 5.40. The molecule has 1 aliphatic rings. The largest absolute Gasteiger partial charge is 0.360 e. The monoisotopic (exact) mass is 540 g/mol. The van der Waals surface area contributed by atoms with Crippen LogP contribution in [0.3, 0.4) is 0 Å². The fourth-order valence-corrected chi connectivity index (χ4v) is 6.19. The van der Waals surface area contributed by atoms with Crippen LogP contribution in [0.5, 0.6) is 0 Å². The fourth-order valence-electron chi connectivity index (χ4n) is 5.58. The summed E-state index contributed by atoms with van der Waals surface area (Å²) >= 11 is 0. The van der Waals surface area contributed by atoms with Crippen LogP contribution in [0.25, 0.3) is 21.9 Å². The summed E-state index contributed by atoms with van der Waals surface area (Å²) in [5, 5.41) is 2.10. The van der Waals surface area contributed by atoms with Crippen molar-refractivity contribution in [2.75, 3.05) is 37.7 Å². The van der Waals surface area contributed by atoms with Crippen molar-refractivity contribution in [2.24, 2.45) is 0 Å². The molecule has 0 fully saturated rings. The first kappa shape index (κ1) is 26.9. The van der Waals surface area contributed by atoms with E-state index in [1.54, 1.807) is 13.8 Å². The van der Waals surface area contributed by atoms with Crippen molar-refractivity contribution < 1.29 is 15.3 Å². The zero-order valence-electron chi connectivity index (χ0n) is 23.3. The lowest BCUT2D eigenvalue weighted by molar-refractivity contribution is 0.0667. The Labute approximate surface area is 227 Å². The predicted molar refractivity (Wildman–Crippen MR) is 159 cm³/mol. The minimum Gasteiger partial charge on any atom is -0.360 e. The molecule has 206 valence electrons. The number of hydrogen-bond acceptors (Lipinski definition) is 4. The Morgan fingerprint density at radius 3 is 2.74 bits per heavy atom. The maximum atomic E-state index is 15.1. The number of aromatic amines is 1. The lowest BCUT2D eigenvalue weighted by atomic mass is 9.88. The minimum absolute atomic E-state index is 0. The number of carbonyl (C=O) groups excluding carboxylic acids is 1. The zero-order valence-corrected chi connectivity index (χ0v) is 24.1. The molecule has 1 aliphatic heterocycles. The molecule has 0 saturated heterocycles. The highest BCUT2D eigenvalue weighted by Gasteiger charge is 2.38. The van der Waals surface area contributed by atoms with E-state index in [0.29, 0.717) is 18.8 Å². The highest BCUT2D eigenvalue weighted by molar-refractivity contribution is 8.32. The van der Waals surface area contributed by atoms with Gasteiger partial charge in [0.25, 0.3) is 0 Å². The number of carbonyl (C=O) groups is 1. The summed E-state index contributed by atoms with van der Waals surface area (Å²) in [6.45, 7) is 6.68. The first-order valence-corrected chi connectivity index (χ1v) is 16.2. The molecule has 3 aromatic heterocycles. The lowest BCUT2D eigenvalue weighted by Crippen LogP contribution is -2.47. The Morgan fingerprint density at radius 1 is 1.26 bits per heavy atom. The summed E-state index contributed by atoms with van der Waals surface area (Å²) in [6, 6.07) is 12.3. The molecule has 0 saturated carbocycles. The average molecular weight is 541 g/mol. The van der Waals surface area contributed by atoms with Crippen LogP contribution in [-0.4, -0.2) is 75.1 Å². The van der Waals surface area contributed by atoms with E-state index in [9.17, 15) is 4.79 Å². The SMILES string of the molecule is C[C@@H]1Cc2c([nH]c3ccccc23)[C@@H](c2cnc3c(c2)cc(C=O)n3COCCS(C)(C)C)N1CC(C)(C)F.[HH]. The molecular weight excluding hydrogens is 499 g/mol. The molecule has 4 aromatic rings. The van der Waals surface area contributed by atoms with Gasteiger partial charge >= 0.3 is 0 Å². The van der Waals surface area contributed by atoms with Gasteiger partial charge < -0.3 is 9.72 Å². The molecule has 4 heterocycles. The van der Waals surface area contributed by atoms with E-state index >= 15 is 4.39 Å². The third-order valence-corrected chi connectivity index (χ3v) is 8.75. The van der Waals surface area contributed by atoms with Gasteiger partial charge in [0.05, 0.1) is 18.3 Å². The molecule has 0 amide bonds. The van der Waals surface area contributed by atoms with Crippen LogP contribution >= 0.6 is 10.0 Å². The molecular formula is C30H41FN4O2S. The number of H-pyrrole nitrogens is 1. The number of hydrogen-bond donors (Lipinski definition) is 1. The molecule has 0 aliphatic carbocycles. The van der Waals surface area contributed by atoms with E-state index in [1.165, 1.54) is 10.9 Å². The lowest BCUT2D eigenvalue weighted by Gasteiger charge is -2.42. The molecule has 38 heavy (non-hydrogen) atoms. The van der Waals surface area contributed by atoms with Gasteiger partial charge in [0.15, 0.2) is 6.29 Å². The standard InChI is InChI=1S/C30H39FN4O2S.H2/c1-20-13-25-24-9-7-8-10-26(24)33-27(25)28(34(20)18-30(2,3)31)22-14-21-15-23(17-36)35(29(21)32-16-22)19-37-11-12-38(4,5)6;/h7-10,14-17,20,28,33H,11-13,18-19H2,1-6H3;1H/t20-,28-;/m1./s1. The number of pyridine rings is 1. The van der Waals surface area contributed by atoms with Crippen LogP contribution in [0.4, 0.5) is 4.39 Å². The van der Waals surface area contributed by atoms with Gasteiger partial charge in [-0.1, -0.05) is 18.2 Å². The Hall–Kier alpha value is -2.68. The number of para-hydroxylation sites is 1. The molecule has 2 atom stereocenters. The van der Waals surface area contributed by atoms with Crippen LogP contribution in [0.15, 0.2) is 42.6 Å². The Balaban J connectivity index is 0.00000353. The molecule has 8 heteroatoms. The van der Waals surface area contributed by atoms with E-state index in [2.05, 4.69) is 59.8 Å². The Bertz CT molecular complexity index is 1470. The quantitative estimate of drug-likeness (QED) is 0.199. The molecule has 0 bridgehead atoms. The van der Waals surface area contributed by atoms with Crippen LogP contribution in [0, 0.1) is 0 Å². The van der Waals surface area contributed by atoms with Crippen LogP contribution < -0.4 is 0 Å². The average Bonchev–Trinajstić information content (AvgIpc) is 3.38. The van der Waals surface area contributed by atoms with E-state index in [-0.39, 0.29) is 20.2 Å². The second-order valence-corrected chi connectivity index (χ2v) is 16.6. The number of ether oxygens (including phenoxy) is 1. The van der Waals surface area contributed by atoms with Gasteiger partial charge in [0.1, 0.15) is 18.0 Å². The maximum absolute atomic E-state index is 15.1. The van der Waals surface area contributed by atoms with E-state index < -0.39 is 15.7 Å².